The fourth-order valence-corrected chi connectivity index (χ4v) is 2.84. The van der Waals surface area contributed by atoms with Gasteiger partial charge in [0.2, 0.25) is 0 Å². The molecule has 0 unspecified atom stereocenters. The smallest absolute Gasteiger partial charge is 0.161 e. The van der Waals surface area contributed by atoms with Gasteiger partial charge in [-0.05, 0) is 12.1 Å². The summed E-state index contributed by atoms with van der Waals surface area (Å²) in [6.07, 6.45) is 1.50. The van der Waals surface area contributed by atoms with E-state index in [4.69, 9.17) is 0 Å². The third-order valence-corrected chi connectivity index (χ3v) is 4.09. The number of hydrogen-bond acceptors (Lipinski definition) is 2. The molecule has 4 heteroatoms. The van der Waals surface area contributed by atoms with E-state index in [1.165, 1.54) is 12.3 Å². The zero-order chi connectivity index (χ0) is 17.9. The molecule has 0 bridgehead atoms. The normalized spacial score (nSPS) is 10.7. The predicted octanol–water partition coefficient (Wildman–Crippen LogP) is 5.68. The highest BCUT2D eigenvalue weighted by Gasteiger charge is 2.16. The Hall–Kier alpha value is -3.40. The number of halogens is 2. The molecule has 2 nitrogen and oxygen atoms in total. The number of aliphatic imine (C=N–C) groups is 1. The number of hydrogen-bond donors (Lipinski definition) is 0. The van der Waals surface area contributed by atoms with Crippen LogP contribution in [0.2, 0.25) is 0 Å². The van der Waals surface area contributed by atoms with Crippen molar-refractivity contribution in [3.05, 3.63) is 108 Å². The van der Waals surface area contributed by atoms with Crippen molar-refractivity contribution in [2.24, 2.45) is 4.99 Å². The van der Waals surface area contributed by atoms with Gasteiger partial charge in [0.25, 0.3) is 0 Å². The average molecular weight is 344 g/mol. The lowest BCUT2D eigenvalue weighted by molar-refractivity contribution is 0.595. The lowest BCUT2D eigenvalue weighted by Gasteiger charge is -2.10. The lowest BCUT2D eigenvalue weighted by atomic mass is 10.0. The fourth-order valence-electron chi connectivity index (χ4n) is 2.84. The Balaban J connectivity index is 1.98. The monoisotopic (exact) mass is 344 g/mol. The average Bonchev–Trinajstić information content (AvgIpc) is 2.69. The predicted molar refractivity (Wildman–Crippen MR) is 99.8 cm³/mol. The molecule has 3 aromatic carbocycles. The van der Waals surface area contributed by atoms with Gasteiger partial charge in [0, 0.05) is 28.8 Å². The minimum atomic E-state index is -0.738. The molecule has 0 aliphatic rings. The molecule has 0 atom stereocenters. The van der Waals surface area contributed by atoms with Gasteiger partial charge in [0.15, 0.2) is 11.6 Å². The summed E-state index contributed by atoms with van der Waals surface area (Å²) in [5.74, 6) is -1.45. The first kappa shape index (κ1) is 16.1. The highest BCUT2D eigenvalue weighted by Crippen LogP contribution is 2.30. The number of rotatable bonds is 3. The van der Waals surface area contributed by atoms with Gasteiger partial charge >= 0.3 is 0 Å². The summed E-state index contributed by atoms with van der Waals surface area (Å²) in [5.41, 5.74) is 2.02. The van der Waals surface area contributed by atoms with E-state index in [0.717, 1.165) is 11.1 Å². The Morgan fingerprint density at radius 2 is 1.38 bits per heavy atom. The van der Waals surface area contributed by atoms with E-state index in [9.17, 15) is 8.78 Å². The molecule has 0 fully saturated rings. The summed E-state index contributed by atoms with van der Waals surface area (Å²) in [5, 5.41) is 0.244. The van der Waals surface area contributed by atoms with Crippen LogP contribution >= 0.6 is 0 Å². The summed E-state index contributed by atoms with van der Waals surface area (Å²) in [7, 11) is 0. The maximum absolute atomic E-state index is 14.9. The quantitative estimate of drug-likeness (QED) is 0.439. The highest BCUT2D eigenvalue weighted by molar-refractivity contribution is 6.14. The highest BCUT2D eigenvalue weighted by atomic mass is 19.1. The SMILES string of the molecule is Fc1cc2ncccc2c(F)c1N=C(c1ccccc1)c1ccccc1. The molecular formula is C22H14F2N2. The number of aromatic nitrogens is 1. The van der Waals surface area contributed by atoms with Gasteiger partial charge in [-0.3, -0.25) is 4.98 Å². The molecule has 1 aromatic heterocycles. The number of nitrogens with zero attached hydrogens (tertiary/aromatic N) is 2. The van der Waals surface area contributed by atoms with Gasteiger partial charge in [-0.1, -0.05) is 60.7 Å². The molecule has 0 spiro atoms. The van der Waals surface area contributed by atoms with Gasteiger partial charge in [0.1, 0.15) is 5.69 Å². The van der Waals surface area contributed by atoms with Crippen LogP contribution in [0.1, 0.15) is 11.1 Å². The molecule has 0 radical (unpaired) electrons. The first-order chi connectivity index (χ1) is 12.7. The number of benzene rings is 3. The van der Waals surface area contributed by atoms with Crippen LogP contribution in [0, 0.1) is 11.6 Å². The second kappa shape index (κ2) is 6.84. The van der Waals surface area contributed by atoms with Gasteiger partial charge in [-0.15, -0.1) is 0 Å². The molecule has 126 valence electrons. The van der Waals surface area contributed by atoms with Gasteiger partial charge < -0.3 is 0 Å². The zero-order valence-electron chi connectivity index (χ0n) is 13.7. The Labute approximate surface area is 149 Å². The molecule has 0 aliphatic heterocycles. The molecular weight excluding hydrogens is 330 g/mol. The Bertz CT molecular complexity index is 1050. The van der Waals surface area contributed by atoms with Crippen molar-refractivity contribution >= 4 is 22.3 Å². The second-order valence-electron chi connectivity index (χ2n) is 5.78. The summed E-state index contributed by atoms with van der Waals surface area (Å²) in [6, 6.07) is 23.1. The summed E-state index contributed by atoms with van der Waals surface area (Å²) >= 11 is 0. The first-order valence-electron chi connectivity index (χ1n) is 8.16. The molecule has 4 aromatic rings. The Morgan fingerprint density at radius 1 is 0.769 bits per heavy atom. The number of pyridine rings is 1. The summed E-state index contributed by atoms with van der Waals surface area (Å²) in [6.45, 7) is 0. The Morgan fingerprint density at radius 3 is 2.00 bits per heavy atom. The summed E-state index contributed by atoms with van der Waals surface area (Å²) in [4.78, 5) is 8.40. The van der Waals surface area contributed by atoms with E-state index in [1.54, 1.807) is 12.1 Å². The van der Waals surface area contributed by atoms with E-state index >= 15 is 0 Å². The molecule has 0 saturated carbocycles. The van der Waals surface area contributed by atoms with E-state index in [2.05, 4.69) is 9.98 Å². The first-order valence-corrected chi connectivity index (χ1v) is 8.16. The van der Waals surface area contributed by atoms with Crippen LogP contribution in [-0.2, 0) is 0 Å². The second-order valence-corrected chi connectivity index (χ2v) is 5.78. The van der Waals surface area contributed by atoms with Crippen molar-refractivity contribution < 1.29 is 8.78 Å². The van der Waals surface area contributed by atoms with Crippen molar-refractivity contribution in [3.63, 3.8) is 0 Å². The van der Waals surface area contributed by atoms with Crippen molar-refractivity contribution in [2.75, 3.05) is 0 Å². The lowest BCUT2D eigenvalue weighted by Crippen LogP contribution is -2.03. The van der Waals surface area contributed by atoms with Crippen LogP contribution in [0.5, 0.6) is 0 Å². The molecule has 0 saturated heterocycles. The van der Waals surface area contributed by atoms with Crippen LogP contribution < -0.4 is 0 Å². The van der Waals surface area contributed by atoms with Crippen LogP contribution in [0.25, 0.3) is 10.9 Å². The zero-order valence-corrected chi connectivity index (χ0v) is 13.7. The molecule has 1 heterocycles. The van der Waals surface area contributed by atoms with Crippen molar-refractivity contribution in [1.82, 2.24) is 4.98 Å². The van der Waals surface area contributed by atoms with Crippen molar-refractivity contribution in [3.8, 4) is 0 Å². The largest absolute Gasteiger partial charge is 0.256 e. The van der Waals surface area contributed by atoms with E-state index < -0.39 is 11.6 Å². The van der Waals surface area contributed by atoms with E-state index in [0.29, 0.717) is 5.71 Å². The molecule has 0 N–H and O–H groups in total. The van der Waals surface area contributed by atoms with Gasteiger partial charge in [-0.2, -0.15) is 0 Å². The van der Waals surface area contributed by atoms with Crippen molar-refractivity contribution in [1.29, 1.82) is 0 Å². The topological polar surface area (TPSA) is 25.2 Å². The maximum atomic E-state index is 14.9. The van der Waals surface area contributed by atoms with Crippen LogP contribution in [0.4, 0.5) is 14.5 Å². The third-order valence-electron chi connectivity index (χ3n) is 4.09. The van der Waals surface area contributed by atoms with Crippen molar-refractivity contribution in [2.45, 2.75) is 0 Å². The molecule has 26 heavy (non-hydrogen) atoms. The van der Waals surface area contributed by atoms with Crippen LogP contribution in [-0.4, -0.2) is 10.7 Å². The number of fused-ring (bicyclic) bond motifs is 1. The minimum Gasteiger partial charge on any atom is -0.256 e. The maximum Gasteiger partial charge on any atom is 0.161 e. The van der Waals surface area contributed by atoms with E-state index in [1.807, 2.05) is 60.7 Å². The van der Waals surface area contributed by atoms with Gasteiger partial charge in [-0.25, -0.2) is 13.8 Å². The molecule has 0 amide bonds. The summed E-state index contributed by atoms with van der Waals surface area (Å²) < 4.78 is 29.5. The van der Waals surface area contributed by atoms with E-state index in [-0.39, 0.29) is 16.6 Å². The standard InChI is InChI=1S/C22H14F2N2/c23-18-14-19-17(12-7-13-25-19)20(24)22(18)26-21(15-8-3-1-4-9-15)16-10-5-2-6-11-16/h1-14H. The molecule has 0 aliphatic carbocycles. The minimum absolute atomic E-state index is 0.244. The van der Waals surface area contributed by atoms with Gasteiger partial charge in [0.05, 0.1) is 11.2 Å². The van der Waals surface area contributed by atoms with Crippen LogP contribution in [0.15, 0.2) is 90.1 Å². The molecule has 4 rings (SSSR count). The third kappa shape index (κ3) is 2.97. The fraction of sp³-hybridized carbons (Fsp3) is 0. The Kier molecular flexibility index (Phi) is 4.23. The van der Waals surface area contributed by atoms with Crippen LogP contribution in [0.3, 0.4) is 0 Å².